The molecule has 442 valence electrons. The van der Waals surface area contributed by atoms with E-state index in [9.17, 15) is 5.26 Å². The van der Waals surface area contributed by atoms with Crippen molar-refractivity contribution in [2.75, 3.05) is 9.80 Å². The van der Waals surface area contributed by atoms with Gasteiger partial charge in [-0.15, -0.1) is 0 Å². The van der Waals surface area contributed by atoms with E-state index < -0.39 is 86.2 Å². The number of anilines is 6. The lowest BCUT2D eigenvalue weighted by molar-refractivity contribution is -0.138. The Bertz CT molecular complexity index is 4660. The Morgan fingerprint density at radius 2 is 0.578 bits per heavy atom. The minimum atomic E-state index is -5.07. The Morgan fingerprint density at radius 1 is 0.322 bits per heavy atom. The molecule has 10 aromatic carbocycles. The van der Waals surface area contributed by atoms with Gasteiger partial charge in [0.2, 0.25) is 0 Å². The molecule has 0 fully saturated rings. The summed E-state index contributed by atoms with van der Waals surface area (Å²) in [5, 5.41) is 12.5. The third kappa shape index (κ3) is 8.73. The molecule has 0 atom stereocenters. The highest BCUT2D eigenvalue weighted by molar-refractivity contribution is 6.13. The summed E-state index contributed by atoms with van der Waals surface area (Å²) in [5.41, 5.74) is -5.08. The topological polar surface area (TPSA) is 71.5 Å². The Labute approximate surface area is 501 Å². The van der Waals surface area contributed by atoms with Crippen molar-refractivity contribution in [1.29, 1.82) is 5.26 Å². The quantitative estimate of drug-likeness (QED) is 0.155. The van der Waals surface area contributed by atoms with Crippen LogP contribution in [0, 0.1) is 11.3 Å². The van der Waals surface area contributed by atoms with Crippen molar-refractivity contribution in [2.45, 2.75) is 24.7 Å². The second kappa shape index (κ2) is 19.9. The first-order valence-electron chi connectivity index (χ1n) is 27.6. The van der Waals surface area contributed by atoms with Crippen molar-refractivity contribution in [3.63, 3.8) is 0 Å². The van der Waals surface area contributed by atoms with Gasteiger partial charge in [0.1, 0.15) is 17.7 Å². The lowest BCUT2D eigenvalue weighted by atomic mass is 9.90. The molecule has 5 heterocycles. The molecule has 0 bridgehead atoms. The Morgan fingerprint density at radius 3 is 0.844 bits per heavy atom. The van der Waals surface area contributed by atoms with Crippen LogP contribution in [0.25, 0.3) is 77.5 Å². The second-order valence-electron chi connectivity index (χ2n) is 21.4. The van der Waals surface area contributed by atoms with E-state index in [1.54, 1.807) is 155 Å². The summed E-state index contributed by atoms with van der Waals surface area (Å²) < 4.78 is 198. The fourth-order valence-corrected chi connectivity index (χ4v) is 12.4. The van der Waals surface area contributed by atoms with Crippen LogP contribution in [-0.4, -0.2) is 14.1 Å². The maximum atomic E-state index is 15.3. The average Bonchev–Trinajstić information content (AvgIpc) is 1.39. The minimum absolute atomic E-state index is 0.0237. The maximum Gasteiger partial charge on any atom is 0.416 e. The first kappa shape index (κ1) is 55.4. The predicted octanol–water partition coefficient (Wildman–Crippen LogP) is 21.7. The summed E-state index contributed by atoms with van der Waals surface area (Å²) in [6.45, 7) is 0. The van der Waals surface area contributed by atoms with Gasteiger partial charge in [-0.1, -0.05) is 109 Å². The van der Waals surface area contributed by atoms with Crippen molar-refractivity contribution in [3.05, 3.63) is 246 Å². The number of nitriles is 1. The first-order chi connectivity index (χ1) is 43.2. The van der Waals surface area contributed by atoms with Crippen LogP contribution in [0.4, 0.5) is 86.8 Å². The zero-order chi connectivity index (χ0) is 62.3. The van der Waals surface area contributed by atoms with Gasteiger partial charge in [-0.2, -0.15) is 57.9 Å². The molecule has 0 saturated carbocycles. The van der Waals surface area contributed by atoms with Gasteiger partial charge in [-0.3, -0.25) is 9.13 Å². The number of ether oxygens (including phenoxy) is 2. The smallest absolute Gasteiger partial charge is 0.416 e. The van der Waals surface area contributed by atoms with Crippen LogP contribution in [0.5, 0.6) is 23.0 Å². The molecule has 2 aliphatic heterocycles. The number of rotatable bonds is 6. The monoisotopic (exact) mass is 1220 g/mol. The van der Waals surface area contributed by atoms with E-state index in [1.807, 2.05) is 0 Å². The predicted molar refractivity (Wildman–Crippen MR) is 318 cm³/mol. The van der Waals surface area contributed by atoms with Gasteiger partial charge in [0.05, 0.1) is 84.0 Å². The second-order valence-corrected chi connectivity index (χ2v) is 21.4. The Balaban J connectivity index is 1.20. The Kier molecular flexibility index (Phi) is 12.3. The molecule has 0 aliphatic carbocycles. The highest BCUT2D eigenvalue weighted by atomic mass is 19.4. The highest BCUT2D eigenvalue weighted by Crippen LogP contribution is 2.57. The first-order valence-corrected chi connectivity index (χ1v) is 27.6. The average molecular weight is 1220 g/mol. The van der Waals surface area contributed by atoms with Gasteiger partial charge in [-0.05, 0) is 109 Å². The summed E-state index contributed by atoms with van der Waals surface area (Å²) in [4.78, 5) is 8.98. The number of fused-ring (bicyclic) bond motifs is 10. The summed E-state index contributed by atoms with van der Waals surface area (Å²) in [7, 11) is 0. The number of nitrogens with zero attached hydrogens (tertiary/aromatic N) is 6. The zero-order valence-corrected chi connectivity index (χ0v) is 45.8. The molecule has 20 heteroatoms. The number of hydrogen-bond donors (Lipinski definition) is 0. The molecule has 0 unspecified atom stereocenters. The van der Waals surface area contributed by atoms with Crippen molar-refractivity contribution < 1.29 is 62.2 Å². The summed E-state index contributed by atoms with van der Waals surface area (Å²) in [6.07, 6.45) is -20.3. The molecule has 0 N–H and O–H groups in total. The molecule has 0 spiro atoms. The van der Waals surface area contributed by atoms with Gasteiger partial charge in [-0.25, -0.2) is 4.98 Å². The van der Waals surface area contributed by atoms with Gasteiger partial charge >= 0.3 is 24.7 Å². The number of hydrogen-bond acceptors (Lipinski definition) is 6. The number of para-hydroxylation sites is 10. The molecule has 0 amide bonds. The summed E-state index contributed by atoms with van der Waals surface area (Å²) in [5.74, 6) is 0.298. The van der Waals surface area contributed by atoms with Crippen molar-refractivity contribution in [2.24, 2.45) is 0 Å². The molecule has 8 nitrogen and oxygen atoms in total. The van der Waals surface area contributed by atoms with Crippen LogP contribution in [-0.2, 0) is 24.7 Å². The van der Waals surface area contributed by atoms with E-state index in [1.165, 1.54) is 0 Å². The maximum absolute atomic E-state index is 15.3. The van der Waals surface area contributed by atoms with Crippen molar-refractivity contribution in [3.8, 4) is 63.0 Å². The minimum Gasteiger partial charge on any atom is -0.453 e. The standard InChI is InChI=1S/C70H36F12N6O2/c71-67(72,73)38-25-29-42-43-30-26-39(68(74,75)76)34-56(43)87(55(42)33-38)65-63(46-13-1-3-15-49(46)85-51-17-5-9-21-59(51)89-60-22-10-6-18-52(60)85)48(37-83)64(47-14-2-4-16-50(47)86-53-19-7-11-23-61(53)90-62-24-12-8-20-54(62)86)66(84-65)88-57-35-40(69(77,78)79)27-31-44(57)45-32-28-41(36-58(45)88)70(80,81)82/h1-36H. The van der Waals surface area contributed by atoms with E-state index in [2.05, 4.69) is 6.07 Å². The van der Waals surface area contributed by atoms with Crippen LogP contribution in [0.15, 0.2) is 218 Å². The van der Waals surface area contributed by atoms with Crippen LogP contribution >= 0.6 is 0 Å². The van der Waals surface area contributed by atoms with E-state index in [4.69, 9.17) is 14.5 Å². The van der Waals surface area contributed by atoms with E-state index >= 15 is 52.7 Å². The Hall–Kier alpha value is -11.2. The highest BCUT2D eigenvalue weighted by Gasteiger charge is 2.40. The molecule has 0 radical (unpaired) electrons. The number of halogens is 12. The van der Waals surface area contributed by atoms with Crippen LogP contribution in [0.3, 0.4) is 0 Å². The van der Waals surface area contributed by atoms with Gasteiger partial charge in [0, 0.05) is 43.8 Å². The zero-order valence-electron chi connectivity index (χ0n) is 45.8. The molecular formula is C70H36F12N6O2. The van der Waals surface area contributed by atoms with E-state index in [0.717, 1.165) is 57.7 Å². The molecule has 90 heavy (non-hydrogen) atoms. The molecule has 15 rings (SSSR count). The molecule has 3 aromatic heterocycles. The fraction of sp³-hybridized carbons (Fsp3) is 0.0571. The third-order valence-corrected chi connectivity index (χ3v) is 16.2. The van der Waals surface area contributed by atoms with Crippen LogP contribution < -0.4 is 19.3 Å². The SMILES string of the molecule is N#Cc1c(-c2ccccc2N2c3ccccc3Oc3ccccc32)c(-n2c3cc(C(F)(F)F)ccc3c3ccc(C(F)(F)F)cc32)nc(-n2c3cc(C(F)(F)F)ccc3c3ccc(C(F)(F)F)cc32)c1-c1ccccc1N1c2ccccc2Oc2ccccc21. The lowest BCUT2D eigenvalue weighted by Crippen LogP contribution is -2.18. The molecule has 2 aliphatic rings. The van der Waals surface area contributed by atoms with Gasteiger partial charge in [0.25, 0.3) is 0 Å². The third-order valence-electron chi connectivity index (χ3n) is 16.2. The van der Waals surface area contributed by atoms with Crippen molar-refractivity contribution >= 4 is 77.7 Å². The van der Waals surface area contributed by atoms with Gasteiger partial charge < -0.3 is 19.3 Å². The van der Waals surface area contributed by atoms with Crippen molar-refractivity contribution in [1.82, 2.24) is 14.1 Å². The number of alkyl halides is 12. The summed E-state index contributed by atoms with van der Waals surface area (Å²) >= 11 is 0. The fourth-order valence-electron chi connectivity index (χ4n) is 12.4. The number of pyridine rings is 1. The molecule has 13 aromatic rings. The number of benzene rings is 10. The largest absolute Gasteiger partial charge is 0.453 e. The van der Waals surface area contributed by atoms with E-state index in [0.29, 0.717) is 70.0 Å². The normalized spacial score (nSPS) is 13.2. The lowest BCUT2D eigenvalue weighted by Gasteiger charge is -2.35. The van der Waals surface area contributed by atoms with Crippen LogP contribution in [0.2, 0.25) is 0 Å². The summed E-state index contributed by atoms with van der Waals surface area (Å²) in [6, 6.07) is 53.2. The van der Waals surface area contributed by atoms with E-state index in [-0.39, 0.29) is 55.2 Å². The van der Waals surface area contributed by atoms with Crippen LogP contribution in [0.1, 0.15) is 27.8 Å². The molecular weight excluding hydrogens is 1180 g/mol. The number of aromatic nitrogens is 3. The van der Waals surface area contributed by atoms with Gasteiger partial charge in [0.15, 0.2) is 23.0 Å². The molecule has 0 saturated heterocycles.